The summed E-state index contributed by atoms with van der Waals surface area (Å²) in [6, 6.07) is 1.22. The van der Waals surface area contributed by atoms with Gasteiger partial charge in [-0.2, -0.15) is 9.61 Å². The second kappa shape index (κ2) is 6.22. The Balaban J connectivity index is 1.94. The molecule has 1 fully saturated rings. The summed E-state index contributed by atoms with van der Waals surface area (Å²) in [7, 11) is 1.56. The van der Waals surface area contributed by atoms with Crippen LogP contribution in [-0.4, -0.2) is 51.5 Å². The summed E-state index contributed by atoms with van der Waals surface area (Å²) in [4.78, 5) is 30.4. The van der Waals surface area contributed by atoms with Gasteiger partial charge in [0.15, 0.2) is 5.65 Å². The summed E-state index contributed by atoms with van der Waals surface area (Å²) in [5.74, 6) is -0.0234. The number of hydrogen-bond acceptors (Lipinski definition) is 5. The predicted molar refractivity (Wildman–Crippen MR) is 93.1 cm³/mol. The molecule has 1 N–H and O–H groups in total. The second-order valence-electron chi connectivity index (χ2n) is 7.42. The van der Waals surface area contributed by atoms with E-state index in [9.17, 15) is 14.0 Å². The smallest absolute Gasteiger partial charge is 0.415 e. The van der Waals surface area contributed by atoms with Crippen LogP contribution in [0.1, 0.15) is 43.2 Å². The molecule has 0 spiro atoms. The van der Waals surface area contributed by atoms with Gasteiger partial charge in [-0.25, -0.2) is 14.2 Å². The number of amides is 2. The van der Waals surface area contributed by atoms with Gasteiger partial charge in [0, 0.05) is 25.2 Å². The minimum absolute atomic E-state index is 0.228. The molecule has 1 aliphatic carbocycles. The molecule has 26 heavy (non-hydrogen) atoms. The van der Waals surface area contributed by atoms with E-state index >= 15 is 0 Å². The molecule has 0 aliphatic heterocycles. The van der Waals surface area contributed by atoms with Crippen molar-refractivity contribution in [3.63, 3.8) is 0 Å². The van der Waals surface area contributed by atoms with E-state index < -0.39 is 29.8 Å². The van der Waals surface area contributed by atoms with Gasteiger partial charge >= 0.3 is 6.09 Å². The van der Waals surface area contributed by atoms with Gasteiger partial charge in [-0.05, 0) is 27.7 Å². The van der Waals surface area contributed by atoms with Gasteiger partial charge in [0.1, 0.15) is 23.2 Å². The molecule has 9 heteroatoms. The number of ether oxygens (including phenoxy) is 1. The molecule has 0 radical (unpaired) electrons. The molecule has 2 atom stereocenters. The first kappa shape index (κ1) is 18.1. The van der Waals surface area contributed by atoms with E-state index in [1.807, 2.05) is 0 Å². The normalized spacial score (nSPS) is 19.3. The van der Waals surface area contributed by atoms with Crippen LogP contribution in [0.5, 0.6) is 0 Å². The van der Waals surface area contributed by atoms with Crippen LogP contribution in [0.4, 0.5) is 15.0 Å². The first-order chi connectivity index (χ1) is 12.1. The van der Waals surface area contributed by atoms with Crippen molar-refractivity contribution >= 4 is 23.5 Å². The molecule has 0 saturated heterocycles. The van der Waals surface area contributed by atoms with Crippen LogP contribution in [0.25, 0.3) is 5.65 Å². The number of anilines is 1. The zero-order valence-electron chi connectivity index (χ0n) is 15.4. The minimum Gasteiger partial charge on any atom is -0.443 e. The summed E-state index contributed by atoms with van der Waals surface area (Å²) < 4.78 is 19.8. The number of aromatic nitrogens is 3. The quantitative estimate of drug-likeness (QED) is 0.903. The Morgan fingerprint density at radius 2 is 2.08 bits per heavy atom. The van der Waals surface area contributed by atoms with Crippen LogP contribution >= 0.6 is 0 Å². The molecule has 1 saturated carbocycles. The summed E-state index contributed by atoms with van der Waals surface area (Å²) >= 11 is 0. The third-order valence-electron chi connectivity index (χ3n) is 3.87. The van der Waals surface area contributed by atoms with Crippen molar-refractivity contribution in [3.8, 4) is 0 Å². The Hall–Kier alpha value is -2.71. The van der Waals surface area contributed by atoms with Gasteiger partial charge in [-0.15, -0.1) is 0 Å². The fraction of sp³-hybridized carbons (Fsp3) is 0.529. The van der Waals surface area contributed by atoms with Crippen LogP contribution in [0.3, 0.4) is 0 Å². The number of fused-ring (bicyclic) bond motifs is 1. The lowest BCUT2D eigenvalue weighted by Crippen LogP contribution is -2.35. The van der Waals surface area contributed by atoms with Crippen molar-refractivity contribution in [2.45, 2.75) is 51.9 Å². The zero-order valence-corrected chi connectivity index (χ0v) is 15.4. The van der Waals surface area contributed by atoms with Gasteiger partial charge < -0.3 is 10.1 Å². The van der Waals surface area contributed by atoms with Crippen molar-refractivity contribution in [1.82, 2.24) is 19.9 Å². The standard InChI is InChI=1S/C17H22FN5O3/c1-9-6-13(22(5)16(25)26-17(2,3)4)23-14(20-9)10(8-19-23)15(24)21-12-7-11(12)18/h6,8,11-12H,7H2,1-5H3,(H,21,24)/t11-,12+/m0/s1. The molecule has 3 rings (SSSR count). The maximum absolute atomic E-state index is 13.0. The van der Waals surface area contributed by atoms with E-state index in [0.717, 1.165) is 0 Å². The van der Waals surface area contributed by atoms with Crippen molar-refractivity contribution in [2.24, 2.45) is 0 Å². The molecule has 0 unspecified atom stereocenters. The molecule has 0 bridgehead atoms. The molecule has 2 amide bonds. The molecule has 0 aromatic carbocycles. The largest absolute Gasteiger partial charge is 0.443 e. The van der Waals surface area contributed by atoms with Crippen LogP contribution in [0.15, 0.2) is 12.3 Å². The van der Waals surface area contributed by atoms with E-state index in [2.05, 4.69) is 15.4 Å². The topological polar surface area (TPSA) is 88.8 Å². The molecule has 8 nitrogen and oxygen atoms in total. The number of aryl methyl sites for hydroxylation is 1. The number of halogens is 1. The lowest BCUT2D eigenvalue weighted by molar-refractivity contribution is 0.0587. The Bertz CT molecular complexity index is 873. The molecule has 2 aromatic rings. The minimum atomic E-state index is -0.996. The number of carbonyl (C=O) groups is 2. The summed E-state index contributed by atoms with van der Waals surface area (Å²) in [6.45, 7) is 7.08. The Labute approximate surface area is 150 Å². The lowest BCUT2D eigenvalue weighted by Gasteiger charge is -2.25. The van der Waals surface area contributed by atoms with Gasteiger partial charge in [-0.1, -0.05) is 0 Å². The number of alkyl halides is 1. The highest BCUT2D eigenvalue weighted by molar-refractivity contribution is 6.00. The molecular formula is C17H22FN5O3. The first-order valence-electron chi connectivity index (χ1n) is 8.34. The zero-order chi connectivity index (χ0) is 19.2. The monoisotopic (exact) mass is 363 g/mol. The first-order valence-corrected chi connectivity index (χ1v) is 8.34. The predicted octanol–water partition coefficient (Wildman–Crippen LogP) is 2.25. The van der Waals surface area contributed by atoms with Crippen molar-refractivity contribution < 1.29 is 18.7 Å². The fourth-order valence-corrected chi connectivity index (χ4v) is 2.45. The number of hydrogen-bond donors (Lipinski definition) is 1. The maximum Gasteiger partial charge on any atom is 0.415 e. The summed E-state index contributed by atoms with van der Waals surface area (Å²) in [5, 5.41) is 6.79. The third-order valence-corrected chi connectivity index (χ3v) is 3.87. The number of carbonyl (C=O) groups excluding carboxylic acids is 2. The van der Waals surface area contributed by atoms with Gasteiger partial charge in [0.25, 0.3) is 5.91 Å². The van der Waals surface area contributed by atoms with Crippen LogP contribution in [0, 0.1) is 6.92 Å². The third kappa shape index (κ3) is 3.61. The molecule has 140 valence electrons. The Kier molecular flexibility index (Phi) is 4.33. The van der Waals surface area contributed by atoms with Crippen LogP contribution in [0.2, 0.25) is 0 Å². The molecule has 1 aliphatic rings. The van der Waals surface area contributed by atoms with E-state index in [1.54, 1.807) is 40.8 Å². The Morgan fingerprint density at radius 3 is 2.65 bits per heavy atom. The highest BCUT2D eigenvalue weighted by Gasteiger charge is 2.39. The van der Waals surface area contributed by atoms with Crippen LogP contribution in [-0.2, 0) is 4.74 Å². The van der Waals surface area contributed by atoms with Crippen LogP contribution < -0.4 is 10.2 Å². The summed E-state index contributed by atoms with van der Waals surface area (Å²) in [5.41, 5.74) is 0.484. The average Bonchev–Trinajstić information content (AvgIpc) is 3.04. The highest BCUT2D eigenvalue weighted by atomic mass is 19.1. The number of rotatable bonds is 3. The number of nitrogens with zero attached hydrogens (tertiary/aromatic N) is 4. The van der Waals surface area contributed by atoms with Gasteiger partial charge in [0.2, 0.25) is 0 Å². The Morgan fingerprint density at radius 1 is 1.42 bits per heavy atom. The molecule has 2 aromatic heterocycles. The van der Waals surface area contributed by atoms with Crippen molar-refractivity contribution in [2.75, 3.05) is 11.9 Å². The number of nitrogens with one attached hydrogen (secondary N) is 1. The maximum atomic E-state index is 13.0. The molecular weight excluding hydrogens is 341 g/mol. The fourth-order valence-electron chi connectivity index (χ4n) is 2.45. The second-order valence-corrected chi connectivity index (χ2v) is 7.42. The van der Waals surface area contributed by atoms with E-state index in [0.29, 0.717) is 23.6 Å². The SMILES string of the molecule is Cc1cc(N(C)C(=O)OC(C)(C)C)n2ncc(C(=O)N[C@@H]3C[C@@H]3F)c2n1. The van der Waals surface area contributed by atoms with E-state index in [1.165, 1.54) is 15.6 Å². The highest BCUT2D eigenvalue weighted by Crippen LogP contribution is 2.26. The van der Waals surface area contributed by atoms with E-state index in [-0.39, 0.29) is 5.56 Å². The van der Waals surface area contributed by atoms with Gasteiger partial charge in [-0.3, -0.25) is 9.69 Å². The van der Waals surface area contributed by atoms with Crippen molar-refractivity contribution in [3.05, 3.63) is 23.5 Å². The average molecular weight is 363 g/mol. The molecule has 2 heterocycles. The summed E-state index contributed by atoms with van der Waals surface area (Å²) in [6.07, 6.45) is 0.136. The van der Waals surface area contributed by atoms with Crippen molar-refractivity contribution in [1.29, 1.82) is 0 Å². The van der Waals surface area contributed by atoms with Gasteiger partial charge in [0.05, 0.1) is 12.2 Å². The van der Waals surface area contributed by atoms with E-state index in [4.69, 9.17) is 4.74 Å². The lowest BCUT2D eigenvalue weighted by atomic mass is 10.2.